The van der Waals surface area contributed by atoms with Crippen molar-refractivity contribution in [2.45, 2.75) is 76.1 Å². The first kappa shape index (κ1) is 15.7. The molecule has 4 nitrogen and oxygen atoms in total. The molecule has 1 spiro atoms. The van der Waals surface area contributed by atoms with E-state index in [1.165, 1.54) is 38.8 Å². The molecule has 0 saturated carbocycles. The molecule has 3 fully saturated rings. The standard InChI is InChI=1S/C17H32N2O2/c1-14(2)19(12-15-5-3-4-8-18-15)16-6-9-21-17(11-16)7-10-20-13-17/h14-16,18H,3-13H2,1-2H3. The Balaban J connectivity index is 1.62. The zero-order valence-corrected chi connectivity index (χ0v) is 13.8. The number of piperidine rings is 1. The van der Waals surface area contributed by atoms with Gasteiger partial charge in [-0.3, -0.25) is 4.90 Å². The van der Waals surface area contributed by atoms with Gasteiger partial charge in [-0.2, -0.15) is 0 Å². The number of nitrogens with one attached hydrogen (secondary N) is 1. The lowest BCUT2D eigenvalue weighted by atomic mass is 9.88. The first-order valence-electron chi connectivity index (χ1n) is 8.89. The molecule has 0 aromatic rings. The summed E-state index contributed by atoms with van der Waals surface area (Å²) in [7, 11) is 0. The average molecular weight is 296 g/mol. The molecule has 3 aliphatic heterocycles. The Morgan fingerprint density at radius 1 is 1.24 bits per heavy atom. The van der Waals surface area contributed by atoms with Crippen molar-refractivity contribution in [1.82, 2.24) is 10.2 Å². The third-order valence-corrected chi connectivity index (χ3v) is 5.51. The van der Waals surface area contributed by atoms with Crippen LogP contribution in [0, 0.1) is 0 Å². The summed E-state index contributed by atoms with van der Waals surface area (Å²) in [5.74, 6) is 0. The van der Waals surface area contributed by atoms with E-state index in [4.69, 9.17) is 9.47 Å². The Kier molecular flexibility index (Phi) is 5.20. The third-order valence-electron chi connectivity index (χ3n) is 5.51. The van der Waals surface area contributed by atoms with E-state index in [9.17, 15) is 0 Å². The monoisotopic (exact) mass is 296 g/mol. The van der Waals surface area contributed by atoms with Crippen LogP contribution in [-0.2, 0) is 9.47 Å². The third kappa shape index (κ3) is 3.79. The van der Waals surface area contributed by atoms with E-state index in [1.54, 1.807) is 0 Å². The molecule has 0 amide bonds. The SMILES string of the molecule is CC(C)N(CC1CCCCN1)C1CCOC2(CCOC2)C1. The predicted molar refractivity (Wildman–Crippen MR) is 84.6 cm³/mol. The van der Waals surface area contributed by atoms with Crippen molar-refractivity contribution in [2.75, 3.05) is 32.9 Å². The molecule has 21 heavy (non-hydrogen) atoms. The summed E-state index contributed by atoms with van der Waals surface area (Å²) in [6.07, 6.45) is 7.47. The number of rotatable bonds is 4. The van der Waals surface area contributed by atoms with Gasteiger partial charge >= 0.3 is 0 Å². The number of hydrogen-bond acceptors (Lipinski definition) is 4. The van der Waals surface area contributed by atoms with Crippen LogP contribution in [0.1, 0.15) is 52.4 Å². The van der Waals surface area contributed by atoms with E-state index in [0.29, 0.717) is 18.1 Å². The predicted octanol–water partition coefficient (Wildman–Crippen LogP) is 2.18. The molecule has 1 N–H and O–H groups in total. The Morgan fingerprint density at radius 3 is 2.81 bits per heavy atom. The highest BCUT2D eigenvalue weighted by molar-refractivity contribution is 4.95. The van der Waals surface area contributed by atoms with Gasteiger partial charge in [0, 0.05) is 44.3 Å². The second kappa shape index (κ2) is 6.95. The quantitative estimate of drug-likeness (QED) is 0.862. The maximum atomic E-state index is 6.11. The summed E-state index contributed by atoms with van der Waals surface area (Å²) in [5, 5.41) is 3.71. The summed E-state index contributed by atoms with van der Waals surface area (Å²) in [4.78, 5) is 2.73. The molecular formula is C17H32N2O2. The fraction of sp³-hybridized carbons (Fsp3) is 1.00. The van der Waals surface area contributed by atoms with Gasteiger partial charge in [0.1, 0.15) is 0 Å². The van der Waals surface area contributed by atoms with Crippen molar-refractivity contribution in [3.8, 4) is 0 Å². The summed E-state index contributed by atoms with van der Waals surface area (Å²) < 4.78 is 11.7. The lowest BCUT2D eigenvalue weighted by molar-refractivity contribution is -0.110. The van der Waals surface area contributed by atoms with Gasteiger partial charge < -0.3 is 14.8 Å². The van der Waals surface area contributed by atoms with Gasteiger partial charge in [-0.25, -0.2) is 0 Å². The van der Waals surface area contributed by atoms with Gasteiger partial charge in [0.2, 0.25) is 0 Å². The molecule has 0 aliphatic carbocycles. The van der Waals surface area contributed by atoms with Gasteiger partial charge in [0.15, 0.2) is 0 Å². The van der Waals surface area contributed by atoms with Crippen LogP contribution in [0.4, 0.5) is 0 Å². The average Bonchev–Trinajstić information content (AvgIpc) is 2.93. The van der Waals surface area contributed by atoms with E-state index >= 15 is 0 Å². The zero-order chi connectivity index (χ0) is 14.7. The Bertz CT molecular complexity index is 323. The van der Waals surface area contributed by atoms with Crippen LogP contribution in [-0.4, -0.2) is 61.5 Å². The molecule has 3 aliphatic rings. The van der Waals surface area contributed by atoms with Gasteiger partial charge in [-0.1, -0.05) is 6.42 Å². The van der Waals surface area contributed by atoms with Crippen LogP contribution in [0.2, 0.25) is 0 Å². The molecule has 3 rings (SSSR count). The van der Waals surface area contributed by atoms with Crippen LogP contribution in [0.25, 0.3) is 0 Å². The maximum Gasteiger partial charge on any atom is 0.0951 e. The fourth-order valence-electron chi connectivity index (χ4n) is 4.26. The molecule has 4 heteroatoms. The topological polar surface area (TPSA) is 33.7 Å². The normalized spacial score (nSPS) is 37.7. The van der Waals surface area contributed by atoms with Gasteiger partial charge in [-0.15, -0.1) is 0 Å². The summed E-state index contributed by atoms with van der Waals surface area (Å²) in [6.45, 7) is 9.65. The number of hydrogen-bond donors (Lipinski definition) is 1. The summed E-state index contributed by atoms with van der Waals surface area (Å²) in [5.41, 5.74) is 0.0239. The molecular weight excluding hydrogens is 264 g/mol. The van der Waals surface area contributed by atoms with Crippen LogP contribution in [0.5, 0.6) is 0 Å². The van der Waals surface area contributed by atoms with Crippen molar-refractivity contribution in [3.63, 3.8) is 0 Å². The van der Waals surface area contributed by atoms with Crippen LogP contribution >= 0.6 is 0 Å². The van der Waals surface area contributed by atoms with E-state index in [0.717, 1.165) is 32.7 Å². The minimum atomic E-state index is 0.0239. The van der Waals surface area contributed by atoms with E-state index in [2.05, 4.69) is 24.1 Å². The Labute approximate surface area is 129 Å². The first-order valence-corrected chi connectivity index (χ1v) is 8.89. The molecule has 3 unspecified atom stereocenters. The van der Waals surface area contributed by atoms with Crippen molar-refractivity contribution >= 4 is 0 Å². The number of nitrogens with zero attached hydrogens (tertiary/aromatic N) is 1. The second-order valence-corrected chi connectivity index (χ2v) is 7.42. The van der Waals surface area contributed by atoms with Crippen LogP contribution in [0.3, 0.4) is 0 Å². The maximum absolute atomic E-state index is 6.11. The molecule has 0 aromatic heterocycles. The highest BCUT2D eigenvalue weighted by Gasteiger charge is 2.43. The minimum Gasteiger partial charge on any atom is -0.378 e. The molecule has 0 radical (unpaired) electrons. The Hall–Kier alpha value is -0.160. The van der Waals surface area contributed by atoms with Gasteiger partial charge in [-0.05, 0) is 46.1 Å². The van der Waals surface area contributed by atoms with Gasteiger partial charge in [0.25, 0.3) is 0 Å². The van der Waals surface area contributed by atoms with Crippen molar-refractivity contribution < 1.29 is 9.47 Å². The first-order chi connectivity index (χ1) is 10.2. The summed E-state index contributed by atoms with van der Waals surface area (Å²) >= 11 is 0. The van der Waals surface area contributed by atoms with Crippen molar-refractivity contribution in [2.24, 2.45) is 0 Å². The molecule has 3 heterocycles. The molecule has 3 atom stereocenters. The molecule has 122 valence electrons. The lowest BCUT2D eigenvalue weighted by Gasteiger charge is -2.45. The van der Waals surface area contributed by atoms with Crippen molar-refractivity contribution in [1.29, 1.82) is 0 Å². The highest BCUT2D eigenvalue weighted by atomic mass is 16.6. The van der Waals surface area contributed by atoms with Crippen LogP contribution < -0.4 is 5.32 Å². The minimum absolute atomic E-state index is 0.0239. The molecule has 3 saturated heterocycles. The number of ether oxygens (including phenoxy) is 2. The largest absolute Gasteiger partial charge is 0.378 e. The summed E-state index contributed by atoms with van der Waals surface area (Å²) in [6, 6.07) is 1.94. The van der Waals surface area contributed by atoms with E-state index < -0.39 is 0 Å². The van der Waals surface area contributed by atoms with Crippen LogP contribution in [0.15, 0.2) is 0 Å². The van der Waals surface area contributed by atoms with E-state index in [1.807, 2.05) is 0 Å². The molecule has 0 aromatic carbocycles. The zero-order valence-electron chi connectivity index (χ0n) is 13.8. The van der Waals surface area contributed by atoms with E-state index in [-0.39, 0.29) is 5.60 Å². The molecule has 0 bridgehead atoms. The Morgan fingerprint density at radius 2 is 2.14 bits per heavy atom. The fourth-order valence-corrected chi connectivity index (χ4v) is 4.26. The highest BCUT2D eigenvalue weighted by Crippen LogP contribution is 2.35. The smallest absolute Gasteiger partial charge is 0.0951 e. The van der Waals surface area contributed by atoms with Gasteiger partial charge in [0.05, 0.1) is 12.2 Å². The lowest BCUT2D eigenvalue weighted by Crippen LogP contribution is -2.55. The van der Waals surface area contributed by atoms with Crippen molar-refractivity contribution in [3.05, 3.63) is 0 Å². The second-order valence-electron chi connectivity index (χ2n) is 7.42.